The summed E-state index contributed by atoms with van der Waals surface area (Å²) >= 11 is 1.62. The van der Waals surface area contributed by atoms with Gasteiger partial charge in [-0.25, -0.2) is 4.98 Å². The van der Waals surface area contributed by atoms with Crippen LogP contribution >= 0.6 is 11.3 Å². The Balaban J connectivity index is 1.98. The Morgan fingerprint density at radius 3 is 2.63 bits per heavy atom. The summed E-state index contributed by atoms with van der Waals surface area (Å²) in [4.78, 5) is 16.3. The van der Waals surface area contributed by atoms with Crippen molar-refractivity contribution >= 4 is 17.3 Å². The van der Waals surface area contributed by atoms with E-state index in [1.807, 2.05) is 6.92 Å². The minimum absolute atomic E-state index is 0.120. The molecule has 1 heterocycles. The molecule has 1 N–H and O–H groups in total. The molecule has 106 valence electrons. The van der Waals surface area contributed by atoms with E-state index in [0.717, 1.165) is 16.5 Å². The number of rotatable bonds is 5. The van der Waals surface area contributed by atoms with E-state index in [1.165, 1.54) is 43.5 Å². The highest BCUT2D eigenvalue weighted by atomic mass is 32.1. The fourth-order valence-corrected chi connectivity index (χ4v) is 4.26. The van der Waals surface area contributed by atoms with Gasteiger partial charge in [0.2, 0.25) is 0 Å². The van der Waals surface area contributed by atoms with Gasteiger partial charge in [-0.2, -0.15) is 0 Å². The molecule has 1 aromatic heterocycles. The van der Waals surface area contributed by atoms with Crippen molar-refractivity contribution in [3.05, 3.63) is 15.6 Å². The zero-order valence-corrected chi connectivity index (χ0v) is 12.6. The summed E-state index contributed by atoms with van der Waals surface area (Å²) in [6, 6.07) is 0. The number of thiazole rings is 1. The third-order valence-corrected chi connectivity index (χ3v) is 5.43. The predicted octanol–water partition coefficient (Wildman–Crippen LogP) is 4.15. The largest absolute Gasteiger partial charge is 0.481 e. The molecule has 1 saturated carbocycles. The first-order valence-corrected chi connectivity index (χ1v) is 8.09. The first-order valence-electron chi connectivity index (χ1n) is 7.28. The normalized spacial score (nSPS) is 23.5. The minimum atomic E-state index is -0.759. The van der Waals surface area contributed by atoms with E-state index in [-0.39, 0.29) is 6.42 Å². The van der Waals surface area contributed by atoms with Gasteiger partial charge in [0, 0.05) is 10.8 Å². The summed E-state index contributed by atoms with van der Waals surface area (Å²) in [6.45, 7) is 4.19. The van der Waals surface area contributed by atoms with Gasteiger partial charge in [0.1, 0.15) is 0 Å². The summed E-state index contributed by atoms with van der Waals surface area (Å²) in [5.74, 6) is 0.713. The van der Waals surface area contributed by atoms with E-state index in [4.69, 9.17) is 5.11 Å². The van der Waals surface area contributed by atoms with Gasteiger partial charge in [0.05, 0.1) is 17.1 Å². The first kappa shape index (κ1) is 14.5. The highest BCUT2D eigenvalue weighted by Gasteiger charge is 2.25. The predicted molar refractivity (Wildman–Crippen MR) is 77.8 cm³/mol. The molecule has 1 fully saturated rings. The molecular weight excluding hydrogens is 258 g/mol. The van der Waals surface area contributed by atoms with Crippen molar-refractivity contribution in [2.24, 2.45) is 5.92 Å². The molecule has 2 rings (SSSR count). The molecule has 3 nitrogen and oxygen atoms in total. The van der Waals surface area contributed by atoms with Crippen LogP contribution in [0.1, 0.15) is 66.9 Å². The molecule has 1 aromatic rings. The minimum Gasteiger partial charge on any atom is -0.481 e. The Hall–Kier alpha value is -0.900. The van der Waals surface area contributed by atoms with E-state index in [1.54, 1.807) is 11.3 Å². The molecule has 4 heteroatoms. The number of carboxylic acids is 1. The average Bonchev–Trinajstić information content (AvgIpc) is 2.71. The third-order valence-electron chi connectivity index (χ3n) is 4.11. The van der Waals surface area contributed by atoms with Crippen molar-refractivity contribution in [1.82, 2.24) is 4.98 Å². The lowest BCUT2D eigenvalue weighted by Crippen LogP contribution is -2.13. The van der Waals surface area contributed by atoms with Crippen LogP contribution in [-0.4, -0.2) is 16.1 Å². The lowest BCUT2D eigenvalue weighted by molar-refractivity contribution is -0.136. The molecule has 19 heavy (non-hydrogen) atoms. The fourth-order valence-electron chi connectivity index (χ4n) is 3.03. The summed E-state index contributed by atoms with van der Waals surface area (Å²) in [5.41, 5.74) is 0.915. The van der Waals surface area contributed by atoms with Crippen LogP contribution in [0.15, 0.2) is 0 Å². The number of aliphatic carboxylic acids is 1. The Morgan fingerprint density at radius 2 is 2.05 bits per heavy atom. The average molecular weight is 281 g/mol. The maximum Gasteiger partial charge on any atom is 0.308 e. The van der Waals surface area contributed by atoms with Gasteiger partial charge in [-0.1, -0.05) is 19.8 Å². The van der Waals surface area contributed by atoms with Crippen LogP contribution in [-0.2, 0) is 11.2 Å². The Morgan fingerprint density at radius 1 is 1.37 bits per heavy atom. The molecule has 0 bridgehead atoms. The van der Waals surface area contributed by atoms with E-state index >= 15 is 0 Å². The highest BCUT2D eigenvalue weighted by Crippen LogP contribution is 2.39. The number of nitrogens with zero attached hydrogens (tertiary/aromatic N) is 1. The number of hydrogen-bond donors (Lipinski definition) is 1. The summed E-state index contributed by atoms with van der Waals surface area (Å²) in [5, 5.41) is 10.1. The smallest absolute Gasteiger partial charge is 0.308 e. The zero-order valence-electron chi connectivity index (χ0n) is 11.8. The fraction of sp³-hybridized carbons (Fsp3) is 0.733. The van der Waals surface area contributed by atoms with Gasteiger partial charge in [0.15, 0.2) is 0 Å². The second-order valence-corrected chi connectivity index (χ2v) is 6.75. The molecule has 1 aliphatic rings. The monoisotopic (exact) mass is 281 g/mol. The highest BCUT2D eigenvalue weighted by molar-refractivity contribution is 7.11. The van der Waals surface area contributed by atoms with Crippen LogP contribution in [0.2, 0.25) is 0 Å². The molecule has 0 radical (unpaired) electrons. The van der Waals surface area contributed by atoms with Gasteiger partial charge in [-0.05, 0) is 38.5 Å². The van der Waals surface area contributed by atoms with E-state index in [2.05, 4.69) is 11.9 Å². The molecule has 0 spiro atoms. The summed E-state index contributed by atoms with van der Waals surface area (Å²) < 4.78 is 0. The molecule has 0 aliphatic heterocycles. The molecule has 0 saturated heterocycles. The van der Waals surface area contributed by atoms with Gasteiger partial charge in [0.25, 0.3) is 0 Å². The Labute approximate surface area is 119 Å². The van der Waals surface area contributed by atoms with Crippen LogP contribution in [0.25, 0.3) is 0 Å². The van der Waals surface area contributed by atoms with Crippen LogP contribution in [0.5, 0.6) is 0 Å². The summed E-state index contributed by atoms with van der Waals surface area (Å²) in [7, 11) is 0. The lowest BCUT2D eigenvalue weighted by atomic mass is 9.80. The SMILES string of the molecule is CCCC1CCC(c2nc(C)c(CC(=O)O)s2)CC1. The van der Waals surface area contributed by atoms with Gasteiger partial charge >= 0.3 is 5.97 Å². The third kappa shape index (κ3) is 3.78. The molecule has 0 atom stereocenters. The Kier molecular flexibility index (Phi) is 4.97. The number of hydrogen-bond acceptors (Lipinski definition) is 3. The van der Waals surface area contributed by atoms with Crippen molar-refractivity contribution < 1.29 is 9.90 Å². The van der Waals surface area contributed by atoms with E-state index in [9.17, 15) is 4.79 Å². The van der Waals surface area contributed by atoms with Crippen LogP contribution in [0.4, 0.5) is 0 Å². The zero-order chi connectivity index (χ0) is 13.8. The van der Waals surface area contributed by atoms with Crippen LogP contribution in [0.3, 0.4) is 0 Å². The number of carboxylic acid groups (broad SMARTS) is 1. The standard InChI is InChI=1S/C15H23NO2S/c1-3-4-11-5-7-12(8-6-11)15-16-10(2)13(19-15)9-14(17)18/h11-12H,3-9H2,1-2H3,(H,17,18). The van der Waals surface area contributed by atoms with E-state index < -0.39 is 5.97 Å². The Bertz CT molecular complexity index is 433. The van der Waals surface area contributed by atoms with Crippen molar-refractivity contribution in [3.63, 3.8) is 0 Å². The molecule has 1 aliphatic carbocycles. The molecule has 0 aromatic carbocycles. The van der Waals surface area contributed by atoms with E-state index in [0.29, 0.717) is 5.92 Å². The van der Waals surface area contributed by atoms with Crippen LogP contribution < -0.4 is 0 Å². The van der Waals surface area contributed by atoms with Crippen LogP contribution in [0, 0.1) is 12.8 Å². The molecule has 0 amide bonds. The maximum atomic E-state index is 10.8. The lowest BCUT2D eigenvalue weighted by Gasteiger charge is -2.26. The first-order chi connectivity index (χ1) is 9.10. The quantitative estimate of drug-likeness (QED) is 0.882. The second-order valence-electron chi connectivity index (χ2n) is 5.64. The molecule has 0 unspecified atom stereocenters. The topological polar surface area (TPSA) is 50.2 Å². The van der Waals surface area contributed by atoms with Gasteiger partial charge < -0.3 is 5.11 Å². The summed E-state index contributed by atoms with van der Waals surface area (Å²) in [6.07, 6.45) is 7.84. The van der Waals surface area contributed by atoms with Crippen molar-refractivity contribution in [2.45, 2.75) is 64.7 Å². The van der Waals surface area contributed by atoms with Crippen molar-refractivity contribution in [3.8, 4) is 0 Å². The maximum absolute atomic E-state index is 10.8. The second kappa shape index (κ2) is 6.51. The molecular formula is C15H23NO2S. The van der Waals surface area contributed by atoms with Crippen molar-refractivity contribution in [1.29, 1.82) is 0 Å². The van der Waals surface area contributed by atoms with Gasteiger partial charge in [-0.15, -0.1) is 11.3 Å². The number of aryl methyl sites for hydroxylation is 1. The van der Waals surface area contributed by atoms with Gasteiger partial charge in [-0.3, -0.25) is 4.79 Å². The van der Waals surface area contributed by atoms with Crippen molar-refractivity contribution in [2.75, 3.05) is 0 Å². The number of aromatic nitrogens is 1. The number of carbonyl (C=O) groups is 1.